The van der Waals surface area contributed by atoms with Gasteiger partial charge in [-0.3, -0.25) is 9.97 Å². The van der Waals surface area contributed by atoms with Crippen LogP contribution < -0.4 is 9.80 Å². The highest BCUT2D eigenvalue weighted by Gasteiger charge is 2.23. The third kappa shape index (κ3) is 3.74. The summed E-state index contributed by atoms with van der Waals surface area (Å²) in [5.74, 6) is 1.40. The van der Waals surface area contributed by atoms with Crippen molar-refractivity contribution in [1.82, 2.24) is 19.9 Å². The van der Waals surface area contributed by atoms with Crippen molar-refractivity contribution in [1.29, 1.82) is 0 Å². The van der Waals surface area contributed by atoms with Crippen LogP contribution in [-0.4, -0.2) is 46.1 Å². The largest absolute Gasteiger partial charge is 0.463 e. The van der Waals surface area contributed by atoms with Crippen molar-refractivity contribution in [3.63, 3.8) is 0 Å². The number of piperazine rings is 1. The number of furan rings is 1. The van der Waals surface area contributed by atoms with E-state index in [0.717, 1.165) is 43.1 Å². The molecule has 7 heteroatoms. The summed E-state index contributed by atoms with van der Waals surface area (Å²) in [6.07, 6.45) is 8.51. The van der Waals surface area contributed by atoms with Gasteiger partial charge in [-0.05, 0) is 43.2 Å². The van der Waals surface area contributed by atoms with Gasteiger partial charge in [0.2, 0.25) is 5.95 Å². The summed E-state index contributed by atoms with van der Waals surface area (Å²) < 4.78 is 5.66. The summed E-state index contributed by atoms with van der Waals surface area (Å²) in [5.41, 5.74) is 6.25. The van der Waals surface area contributed by atoms with Gasteiger partial charge in [0.05, 0.1) is 18.2 Å². The van der Waals surface area contributed by atoms with Crippen LogP contribution in [0.25, 0.3) is 22.7 Å². The van der Waals surface area contributed by atoms with Crippen LogP contribution in [0.1, 0.15) is 11.1 Å². The number of rotatable bonds is 4. The summed E-state index contributed by atoms with van der Waals surface area (Å²) in [4.78, 5) is 22.8. The molecule has 0 bridgehead atoms. The van der Waals surface area contributed by atoms with Gasteiger partial charge in [0.1, 0.15) is 5.69 Å². The molecule has 0 aliphatic carbocycles. The van der Waals surface area contributed by atoms with Crippen LogP contribution >= 0.6 is 0 Å². The Morgan fingerprint density at radius 3 is 2.45 bits per heavy atom. The normalized spacial score (nSPS) is 14.1. The minimum atomic E-state index is 0.693. The topological polar surface area (TPSA) is 71.2 Å². The highest BCUT2D eigenvalue weighted by molar-refractivity contribution is 5.76. The van der Waals surface area contributed by atoms with Crippen molar-refractivity contribution < 1.29 is 4.42 Å². The van der Waals surface area contributed by atoms with Crippen LogP contribution in [0.4, 0.5) is 11.6 Å². The van der Waals surface area contributed by atoms with E-state index in [9.17, 15) is 0 Å². The second-order valence-electron chi connectivity index (χ2n) is 7.69. The van der Waals surface area contributed by atoms with Crippen LogP contribution in [0, 0.1) is 13.8 Å². The van der Waals surface area contributed by atoms with Gasteiger partial charge in [-0.25, -0.2) is 9.97 Å². The van der Waals surface area contributed by atoms with Gasteiger partial charge in [0.25, 0.3) is 0 Å². The lowest BCUT2D eigenvalue weighted by Gasteiger charge is -2.37. The lowest BCUT2D eigenvalue weighted by Crippen LogP contribution is -2.47. The number of anilines is 2. The van der Waals surface area contributed by atoms with Gasteiger partial charge in [-0.2, -0.15) is 0 Å². The molecule has 1 saturated heterocycles. The van der Waals surface area contributed by atoms with Crippen molar-refractivity contribution in [3.05, 3.63) is 72.5 Å². The molecule has 1 fully saturated rings. The molecule has 1 aliphatic rings. The quantitative estimate of drug-likeness (QED) is 0.499. The summed E-state index contributed by atoms with van der Waals surface area (Å²) in [6, 6.07) is 10.3. The number of nitrogens with zero attached hydrogens (tertiary/aromatic N) is 6. The van der Waals surface area contributed by atoms with E-state index < -0.39 is 0 Å². The zero-order valence-electron chi connectivity index (χ0n) is 17.7. The molecule has 0 radical (unpaired) electrons. The minimum Gasteiger partial charge on any atom is -0.463 e. The fourth-order valence-electron chi connectivity index (χ4n) is 3.98. The molecule has 0 amide bonds. The maximum absolute atomic E-state index is 5.66. The molecule has 0 atom stereocenters. The molecule has 7 nitrogen and oxygen atoms in total. The van der Waals surface area contributed by atoms with Gasteiger partial charge in [0, 0.05) is 56.0 Å². The first-order valence-electron chi connectivity index (χ1n) is 10.4. The van der Waals surface area contributed by atoms with E-state index >= 15 is 0 Å². The van der Waals surface area contributed by atoms with Crippen LogP contribution in [0.3, 0.4) is 0 Å². The van der Waals surface area contributed by atoms with E-state index in [2.05, 4.69) is 56.8 Å². The summed E-state index contributed by atoms with van der Waals surface area (Å²) in [5, 5.41) is 0. The molecule has 156 valence electrons. The van der Waals surface area contributed by atoms with E-state index in [1.54, 1.807) is 24.9 Å². The van der Waals surface area contributed by atoms with Gasteiger partial charge in [-0.1, -0.05) is 12.1 Å². The maximum atomic E-state index is 5.66. The number of benzene rings is 1. The van der Waals surface area contributed by atoms with E-state index in [0.29, 0.717) is 11.7 Å². The highest BCUT2D eigenvalue weighted by atomic mass is 16.3. The molecule has 0 spiro atoms. The average Bonchev–Trinajstić information content (AvgIpc) is 3.36. The molecule has 0 unspecified atom stereocenters. The fraction of sp³-hybridized carbons (Fsp3) is 0.250. The third-order valence-corrected chi connectivity index (χ3v) is 5.85. The Bertz CT molecular complexity index is 1170. The smallest absolute Gasteiger partial charge is 0.226 e. The molecular weight excluding hydrogens is 388 g/mol. The molecule has 0 saturated carbocycles. The molecule has 0 N–H and O–H groups in total. The Morgan fingerprint density at radius 1 is 0.871 bits per heavy atom. The van der Waals surface area contributed by atoms with Crippen LogP contribution in [-0.2, 0) is 0 Å². The molecule has 5 rings (SSSR count). The fourth-order valence-corrected chi connectivity index (χ4v) is 3.98. The van der Waals surface area contributed by atoms with Crippen LogP contribution in [0.2, 0.25) is 0 Å². The SMILES string of the molecule is Cc1cccc(N2CCN(c3ncc(-c4cnccn4)c(-c4ccco4)n3)CC2)c1C. The summed E-state index contributed by atoms with van der Waals surface area (Å²) >= 11 is 0. The van der Waals surface area contributed by atoms with Crippen molar-refractivity contribution in [3.8, 4) is 22.7 Å². The standard InChI is InChI=1S/C24H24N6O/c1-17-5-3-6-21(18(17)2)29-10-12-30(13-11-29)24-27-15-19(20-16-25-8-9-26-20)23(28-24)22-7-4-14-31-22/h3-9,14-16H,10-13H2,1-2H3. The highest BCUT2D eigenvalue weighted by Crippen LogP contribution is 2.31. The van der Waals surface area contributed by atoms with Gasteiger partial charge in [-0.15, -0.1) is 0 Å². The minimum absolute atomic E-state index is 0.693. The molecule has 1 aliphatic heterocycles. The molecule has 1 aromatic carbocycles. The number of hydrogen-bond acceptors (Lipinski definition) is 7. The number of aryl methyl sites for hydroxylation is 1. The van der Waals surface area contributed by atoms with Gasteiger partial charge in [0.15, 0.2) is 5.76 Å². The second-order valence-corrected chi connectivity index (χ2v) is 7.69. The Balaban J connectivity index is 1.41. The Kier molecular flexibility index (Phi) is 5.08. The maximum Gasteiger partial charge on any atom is 0.226 e. The monoisotopic (exact) mass is 412 g/mol. The summed E-state index contributed by atoms with van der Waals surface area (Å²) in [7, 11) is 0. The molecular formula is C24H24N6O. The molecule has 31 heavy (non-hydrogen) atoms. The van der Waals surface area contributed by atoms with Crippen molar-refractivity contribution in [2.45, 2.75) is 13.8 Å². The van der Waals surface area contributed by atoms with E-state index in [-0.39, 0.29) is 0 Å². The van der Waals surface area contributed by atoms with E-state index in [1.165, 1.54) is 16.8 Å². The first kappa shape index (κ1) is 19.2. The van der Waals surface area contributed by atoms with Gasteiger partial charge >= 0.3 is 0 Å². The van der Waals surface area contributed by atoms with E-state index in [1.807, 2.05) is 18.3 Å². The molecule has 3 aromatic heterocycles. The first-order valence-corrected chi connectivity index (χ1v) is 10.4. The summed E-state index contributed by atoms with van der Waals surface area (Å²) in [6.45, 7) is 7.93. The lowest BCUT2D eigenvalue weighted by atomic mass is 10.1. The second kappa shape index (κ2) is 8.18. The van der Waals surface area contributed by atoms with Crippen LogP contribution in [0.5, 0.6) is 0 Å². The van der Waals surface area contributed by atoms with Crippen molar-refractivity contribution in [2.75, 3.05) is 36.0 Å². The van der Waals surface area contributed by atoms with Gasteiger partial charge < -0.3 is 14.2 Å². The van der Waals surface area contributed by atoms with E-state index in [4.69, 9.17) is 9.40 Å². The zero-order valence-corrected chi connectivity index (χ0v) is 17.7. The van der Waals surface area contributed by atoms with Crippen molar-refractivity contribution in [2.24, 2.45) is 0 Å². The Morgan fingerprint density at radius 2 is 1.71 bits per heavy atom. The molecule has 4 heterocycles. The average molecular weight is 412 g/mol. The Hall–Kier alpha value is -3.74. The van der Waals surface area contributed by atoms with Crippen LogP contribution in [0.15, 0.2) is 65.8 Å². The lowest BCUT2D eigenvalue weighted by molar-refractivity contribution is 0.579. The first-order chi connectivity index (χ1) is 15.2. The number of aromatic nitrogens is 4. The van der Waals surface area contributed by atoms with Crippen molar-refractivity contribution >= 4 is 11.6 Å². The predicted octanol–water partition coefficient (Wildman–Crippen LogP) is 4.14. The third-order valence-electron chi connectivity index (χ3n) is 5.85. The Labute approximate surface area is 181 Å². The number of hydrogen-bond donors (Lipinski definition) is 0. The zero-order chi connectivity index (χ0) is 21.2. The molecule has 4 aromatic rings. The predicted molar refractivity (Wildman–Crippen MR) is 121 cm³/mol.